The third-order valence-electron chi connectivity index (χ3n) is 3.61. The summed E-state index contributed by atoms with van der Waals surface area (Å²) in [6.45, 7) is 14.3. The number of benzene rings is 1. The van der Waals surface area contributed by atoms with Crippen LogP contribution >= 0.6 is 23.4 Å². The fourth-order valence-corrected chi connectivity index (χ4v) is 4.26. The number of nitrogens with one attached hydrogen (secondary N) is 1. The van der Waals surface area contributed by atoms with Gasteiger partial charge >= 0.3 is 0 Å². The molecule has 1 aliphatic rings. The topological polar surface area (TPSA) is 15.3 Å². The molecular weight excluding hydrogens is 300 g/mol. The number of hydrogen-bond acceptors (Lipinski definition) is 3. The Labute approximate surface area is 138 Å². The van der Waals surface area contributed by atoms with E-state index in [0.717, 1.165) is 24.7 Å². The predicted molar refractivity (Wildman–Crippen MR) is 96.8 cm³/mol. The van der Waals surface area contributed by atoms with Crippen molar-refractivity contribution in [3.05, 3.63) is 28.8 Å². The molecule has 0 radical (unpaired) electrons. The molecule has 0 saturated carbocycles. The molecule has 1 aliphatic heterocycles. The second-order valence-corrected chi connectivity index (χ2v) is 9.36. The first-order valence-corrected chi connectivity index (χ1v) is 9.00. The number of halogens is 1. The molecule has 4 heteroatoms. The molecule has 1 aromatic rings. The molecule has 2 nitrogen and oxygen atoms in total. The van der Waals surface area contributed by atoms with Gasteiger partial charge in [0.1, 0.15) is 0 Å². The Hall–Kier alpha value is -0.380. The zero-order valence-electron chi connectivity index (χ0n) is 13.7. The van der Waals surface area contributed by atoms with Crippen molar-refractivity contribution in [3.8, 4) is 0 Å². The molecule has 2 rings (SSSR count). The van der Waals surface area contributed by atoms with Crippen LogP contribution in [0.2, 0.25) is 5.02 Å². The smallest absolute Gasteiger partial charge is 0.0413 e. The average Bonchev–Trinajstić information content (AvgIpc) is 2.34. The van der Waals surface area contributed by atoms with Gasteiger partial charge < -0.3 is 10.2 Å². The molecule has 0 spiro atoms. The molecule has 1 fully saturated rings. The summed E-state index contributed by atoms with van der Waals surface area (Å²) in [5.74, 6) is 0. The molecule has 0 bridgehead atoms. The Balaban J connectivity index is 2.21. The first-order chi connectivity index (χ1) is 9.74. The summed E-state index contributed by atoms with van der Waals surface area (Å²) in [4.78, 5) is 2.52. The second-order valence-electron chi connectivity index (χ2n) is 7.04. The van der Waals surface area contributed by atoms with Gasteiger partial charge in [-0.3, -0.25) is 0 Å². The maximum absolute atomic E-state index is 6.21. The Bertz CT molecular complexity index is 474. The van der Waals surface area contributed by atoms with Crippen molar-refractivity contribution >= 4 is 29.1 Å². The van der Waals surface area contributed by atoms with Crippen LogP contribution in [-0.2, 0) is 6.54 Å². The van der Waals surface area contributed by atoms with Crippen LogP contribution in [-0.4, -0.2) is 29.1 Å². The van der Waals surface area contributed by atoms with Gasteiger partial charge in [0, 0.05) is 46.4 Å². The lowest BCUT2D eigenvalue weighted by Gasteiger charge is -2.37. The zero-order chi connectivity index (χ0) is 15.6. The quantitative estimate of drug-likeness (QED) is 0.876. The van der Waals surface area contributed by atoms with Crippen LogP contribution in [0, 0.1) is 0 Å². The lowest BCUT2D eigenvalue weighted by molar-refractivity contribution is 0.424. The lowest BCUT2D eigenvalue weighted by atomic mass is 10.1. The Kier molecular flexibility index (Phi) is 5.50. The fourth-order valence-electron chi connectivity index (χ4n) is 2.74. The van der Waals surface area contributed by atoms with Gasteiger partial charge in [-0.05, 0) is 44.5 Å². The highest BCUT2D eigenvalue weighted by molar-refractivity contribution is 8.00. The van der Waals surface area contributed by atoms with E-state index in [-0.39, 0.29) is 5.54 Å². The average molecular weight is 327 g/mol. The number of nitrogens with zero attached hydrogens (tertiary/aromatic N) is 1. The van der Waals surface area contributed by atoms with E-state index in [9.17, 15) is 0 Å². The number of hydrogen-bond donors (Lipinski definition) is 1. The highest BCUT2D eigenvalue weighted by Gasteiger charge is 2.24. The van der Waals surface area contributed by atoms with Crippen molar-refractivity contribution in [1.82, 2.24) is 5.32 Å². The highest BCUT2D eigenvalue weighted by Crippen LogP contribution is 2.32. The molecular formula is C17H27ClN2S. The van der Waals surface area contributed by atoms with E-state index in [2.05, 4.69) is 68.7 Å². The van der Waals surface area contributed by atoms with Crippen molar-refractivity contribution in [1.29, 1.82) is 0 Å². The van der Waals surface area contributed by atoms with Crippen molar-refractivity contribution in [3.63, 3.8) is 0 Å². The normalized spacial score (nSPS) is 23.4. The van der Waals surface area contributed by atoms with E-state index in [1.165, 1.54) is 11.3 Å². The van der Waals surface area contributed by atoms with Crippen LogP contribution < -0.4 is 10.2 Å². The minimum Gasteiger partial charge on any atom is -0.369 e. The van der Waals surface area contributed by atoms with Gasteiger partial charge in [0.2, 0.25) is 0 Å². The zero-order valence-corrected chi connectivity index (χ0v) is 15.3. The van der Waals surface area contributed by atoms with E-state index in [4.69, 9.17) is 11.6 Å². The fraction of sp³-hybridized carbons (Fsp3) is 0.647. The molecule has 21 heavy (non-hydrogen) atoms. The monoisotopic (exact) mass is 326 g/mol. The lowest BCUT2D eigenvalue weighted by Crippen LogP contribution is -2.41. The van der Waals surface area contributed by atoms with Crippen LogP contribution in [0.1, 0.15) is 40.2 Å². The Morgan fingerprint density at radius 2 is 1.86 bits per heavy atom. The minimum atomic E-state index is 0.109. The largest absolute Gasteiger partial charge is 0.369 e. The van der Waals surface area contributed by atoms with Gasteiger partial charge in [-0.1, -0.05) is 25.4 Å². The summed E-state index contributed by atoms with van der Waals surface area (Å²) in [6, 6.07) is 6.29. The van der Waals surface area contributed by atoms with Crippen molar-refractivity contribution in [2.75, 3.05) is 18.0 Å². The van der Waals surface area contributed by atoms with E-state index >= 15 is 0 Å². The van der Waals surface area contributed by atoms with Crippen molar-refractivity contribution < 1.29 is 0 Å². The highest BCUT2D eigenvalue weighted by atomic mass is 35.5. The third-order valence-corrected chi connectivity index (χ3v) is 5.07. The van der Waals surface area contributed by atoms with Crippen molar-refractivity contribution in [2.24, 2.45) is 0 Å². The van der Waals surface area contributed by atoms with Crippen molar-refractivity contribution in [2.45, 2.75) is 57.2 Å². The SMILES string of the molecule is CC1CN(c2ccc(Cl)cc2CNC(C)(C)C)CC(C)S1. The molecule has 0 aromatic heterocycles. The molecule has 2 atom stereocenters. The molecule has 1 saturated heterocycles. The summed E-state index contributed by atoms with van der Waals surface area (Å²) < 4.78 is 0. The van der Waals surface area contributed by atoms with Gasteiger partial charge in [0.15, 0.2) is 0 Å². The number of rotatable bonds is 3. The molecule has 0 amide bonds. The molecule has 1 N–H and O–H groups in total. The summed E-state index contributed by atoms with van der Waals surface area (Å²) in [7, 11) is 0. The minimum absolute atomic E-state index is 0.109. The first kappa shape index (κ1) is 17.0. The van der Waals surface area contributed by atoms with Crippen LogP contribution in [0.15, 0.2) is 18.2 Å². The van der Waals surface area contributed by atoms with Gasteiger partial charge in [0.05, 0.1) is 0 Å². The molecule has 1 aromatic carbocycles. The molecule has 1 heterocycles. The first-order valence-electron chi connectivity index (χ1n) is 7.68. The standard InChI is InChI=1S/C17H27ClN2S/c1-12-10-20(11-13(2)21-12)16-7-6-15(18)8-14(16)9-19-17(3,4)5/h6-8,12-13,19H,9-11H2,1-5H3. The molecule has 0 aliphatic carbocycles. The summed E-state index contributed by atoms with van der Waals surface area (Å²) in [5, 5.41) is 5.74. The summed E-state index contributed by atoms with van der Waals surface area (Å²) >= 11 is 8.30. The summed E-state index contributed by atoms with van der Waals surface area (Å²) in [5.41, 5.74) is 2.73. The molecule has 2 unspecified atom stereocenters. The van der Waals surface area contributed by atoms with E-state index < -0.39 is 0 Å². The number of thioether (sulfide) groups is 1. The van der Waals surface area contributed by atoms with Gasteiger partial charge in [-0.2, -0.15) is 11.8 Å². The van der Waals surface area contributed by atoms with Crippen LogP contribution in [0.5, 0.6) is 0 Å². The molecule has 118 valence electrons. The van der Waals surface area contributed by atoms with Gasteiger partial charge in [-0.15, -0.1) is 0 Å². The summed E-state index contributed by atoms with van der Waals surface area (Å²) in [6.07, 6.45) is 0. The van der Waals surface area contributed by atoms with E-state index in [0.29, 0.717) is 10.5 Å². The maximum atomic E-state index is 6.21. The number of anilines is 1. The van der Waals surface area contributed by atoms with E-state index in [1.54, 1.807) is 0 Å². The Morgan fingerprint density at radius 3 is 2.43 bits per heavy atom. The van der Waals surface area contributed by atoms with Crippen LogP contribution in [0.25, 0.3) is 0 Å². The predicted octanol–water partition coefficient (Wildman–Crippen LogP) is 4.56. The second kappa shape index (κ2) is 6.80. The van der Waals surface area contributed by atoms with Crippen LogP contribution in [0.3, 0.4) is 0 Å². The van der Waals surface area contributed by atoms with Gasteiger partial charge in [-0.25, -0.2) is 0 Å². The third kappa shape index (κ3) is 5.08. The maximum Gasteiger partial charge on any atom is 0.0413 e. The van der Waals surface area contributed by atoms with Crippen LogP contribution in [0.4, 0.5) is 5.69 Å². The van der Waals surface area contributed by atoms with Gasteiger partial charge in [0.25, 0.3) is 0 Å². The van der Waals surface area contributed by atoms with E-state index in [1.807, 2.05) is 6.07 Å². The Morgan fingerprint density at radius 1 is 1.24 bits per heavy atom.